The molecule has 1 aliphatic heterocycles. The number of guanidine groups is 1. The van der Waals surface area contributed by atoms with E-state index in [4.69, 9.17) is 21.3 Å². The Bertz CT molecular complexity index is 699. The van der Waals surface area contributed by atoms with E-state index in [1.165, 1.54) is 4.88 Å². The van der Waals surface area contributed by atoms with Crippen molar-refractivity contribution in [2.45, 2.75) is 19.5 Å². The molecule has 7 heteroatoms. The Labute approximate surface area is 170 Å². The zero-order chi connectivity index (χ0) is 18.9. The first-order valence-electron chi connectivity index (χ1n) is 9.38. The fraction of sp³-hybridized carbons (Fsp3) is 0.450. The lowest BCUT2D eigenvalue weighted by atomic mass is 10.2. The molecule has 0 radical (unpaired) electrons. The molecule has 1 atom stereocenters. The van der Waals surface area contributed by atoms with Crippen LogP contribution in [-0.2, 0) is 11.3 Å². The minimum atomic E-state index is 0.327. The van der Waals surface area contributed by atoms with E-state index in [0.717, 1.165) is 55.9 Å². The van der Waals surface area contributed by atoms with Gasteiger partial charge < -0.3 is 15.4 Å². The molecule has 0 aliphatic carbocycles. The van der Waals surface area contributed by atoms with E-state index in [-0.39, 0.29) is 0 Å². The standard InChI is InChI=1S/C20H27ClN4OS/c1-2-22-20(23-14-16-5-7-17(21)8-6-16)24-15-18(19-4-3-13-27-19)25-9-11-26-12-10-25/h3-8,13,18H,2,9-12,14-15H2,1H3,(H2,22,23,24). The van der Waals surface area contributed by atoms with E-state index < -0.39 is 0 Å². The number of nitrogens with zero attached hydrogens (tertiary/aromatic N) is 2. The van der Waals surface area contributed by atoms with Gasteiger partial charge >= 0.3 is 0 Å². The van der Waals surface area contributed by atoms with Crippen LogP contribution in [0.25, 0.3) is 0 Å². The van der Waals surface area contributed by atoms with E-state index >= 15 is 0 Å². The van der Waals surface area contributed by atoms with E-state index in [2.05, 4.69) is 40.0 Å². The monoisotopic (exact) mass is 406 g/mol. The van der Waals surface area contributed by atoms with Crippen LogP contribution in [0.1, 0.15) is 23.4 Å². The minimum absolute atomic E-state index is 0.327. The van der Waals surface area contributed by atoms with Crippen LogP contribution in [0, 0.1) is 0 Å². The first kappa shape index (κ1) is 20.1. The van der Waals surface area contributed by atoms with Gasteiger partial charge in [0.2, 0.25) is 0 Å². The van der Waals surface area contributed by atoms with Crippen molar-refractivity contribution >= 4 is 28.9 Å². The molecule has 0 amide bonds. The molecule has 2 N–H and O–H groups in total. The molecule has 27 heavy (non-hydrogen) atoms. The van der Waals surface area contributed by atoms with Crippen molar-refractivity contribution in [2.24, 2.45) is 4.99 Å². The summed E-state index contributed by atoms with van der Waals surface area (Å²) in [5, 5.41) is 9.75. The van der Waals surface area contributed by atoms with Crippen molar-refractivity contribution in [3.63, 3.8) is 0 Å². The van der Waals surface area contributed by atoms with E-state index in [0.29, 0.717) is 12.6 Å². The van der Waals surface area contributed by atoms with Gasteiger partial charge in [-0.1, -0.05) is 29.8 Å². The summed E-state index contributed by atoms with van der Waals surface area (Å²) in [5.74, 6) is 0.835. The molecule has 1 aromatic heterocycles. The Morgan fingerprint density at radius 2 is 2.00 bits per heavy atom. The molecule has 2 heterocycles. The summed E-state index contributed by atoms with van der Waals surface area (Å²) < 4.78 is 5.52. The van der Waals surface area contributed by atoms with E-state index in [9.17, 15) is 0 Å². The Morgan fingerprint density at radius 3 is 2.67 bits per heavy atom. The third kappa shape index (κ3) is 6.21. The zero-order valence-corrected chi connectivity index (χ0v) is 17.2. The summed E-state index contributed by atoms with van der Waals surface area (Å²) in [6, 6.07) is 12.5. The Kier molecular flexibility index (Phi) is 7.95. The molecule has 3 rings (SSSR count). The van der Waals surface area contributed by atoms with Crippen molar-refractivity contribution in [1.82, 2.24) is 15.5 Å². The molecule has 5 nitrogen and oxygen atoms in total. The number of benzene rings is 1. The maximum atomic E-state index is 5.96. The number of aliphatic imine (C=N–C) groups is 1. The van der Waals surface area contributed by atoms with Crippen LogP contribution in [0.15, 0.2) is 46.8 Å². The largest absolute Gasteiger partial charge is 0.379 e. The van der Waals surface area contributed by atoms with Crippen LogP contribution >= 0.6 is 22.9 Å². The molecule has 1 aromatic carbocycles. The average Bonchev–Trinajstić information content (AvgIpc) is 3.23. The molecule has 1 saturated heterocycles. The topological polar surface area (TPSA) is 48.9 Å². The predicted octanol–water partition coefficient (Wildman–Crippen LogP) is 3.53. The second kappa shape index (κ2) is 10.7. The highest BCUT2D eigenvalue weighted by molar-refractivity contribution is 7.10. The summed E-state index contributed by atoms with van der Waals surface area (Å²) in [7, 11) is 0. The fourth-order valence-electron chi connectivity index (χ4n) is 3.07. The van der Waals surface area contributed by atoms with Crippen molar-refractivity contribution in [1.29, 1.82) is 0 Å². The molecule has 0 bridgehead atoms. The van der Waals surface area contributed by atoms with E-state index in [1.54, 1.807) is 11.3 Å². The van der Waals surface area contributed by atoms with Gasteiger partial charge in [-0.05, 0) is 36.1 Å². The zero-order valence-electron chi connectivity index (χ0n) is 15.7. The van der Waals surface area contributed by atoms with Gasteiger partial charge in [0.05, 0.1) is 25.8 Å². The van der Waals surface area contributed by atoms with Gasteiger partial charge in [-0.15, -0.1) is 11.3 Å². The number of nitrogens with one attached hydrogen (secondary N) is 2. The summed E-state index contributed by atoms with van der Waals surface area (Å²) in [5.41, 5.74) is 1.14. The number of ether oxygens (including phenoxy) is 1. The SMILES string of the molecule is CCNC(=NCc1ccc(Cl)cc1)NCC(c1cccs1)N1CCOCC1. The molecular weight excluding hydrogens is 380 g/mol. The molecule has 0 saturated carbocycles. The molecule has 1 aliphatic rings. The highest BCUT2D eigenvalue weighted by Crippen LogP contribution is 2.25. The van der Waals surface area contributed by atoms with Gasteiger partial charge in [0, 0.05) is 36.1 Å². The van der Waals surface area contributed by atoms with Crippen LogP contribution in [0.2, 0.25) is 5.02 Å². The Morgan fingerprint density at radius 1 is 1.22 bits per heavy atom. The fourth-order valence-corrected chi connectivity index (χ4v) is 4.06. The summed E-state index contributed by atoms with van der Waals surface area (Å²) in [6.45, 7) is 7.86. The third-order valence-corrected chi connectivity index (χ3v) is 5.72. The maximum Gasteiger partial charge on any atom is 0.191 e. The Balaban J connectivity index is 1.64. The van der Waals surface area contributed by atoms with Gasteiger partial charge in [0.15, 0.2) is 5.96 Å². The molecule has 1 fully saturated rings. The van der Waals surface area contributed by atoms with Crippen LogP contribution in [-0.4, -0.2) is 50.3 Å². The van der Waals surface area contributed by atoms with Crippen LogP contribution in [0.5, 0.6) is 0 Å². The highest BCUT2D eigenvalue weighted by atomic mass is 35.5. The second-order valence-electron chi connectivity index (χ2n) is 6.38. The van der Waals surface area contributed by atoms with Crippen molar-refractivity contribution in [3.05, 3.63) is 57.2 Å². The smallest absolute Gasteiger partial charge is 0.191 e. The molecule has 1 unspecified atom stereocenters. The lowest BCUT2D eigenvalue weighted by Crippen LogP contribution is -2.46. The third-order valence-electron chi connectivity index (χ3n) is 4.50. The number of halogens is 1. The summed E-state index contributed by atoms with van der Waals surface area (Å²) >= 11 is 7.76. The van der Waals surface area contributed by atoms with Crippen LogP contribution in [0.4, 0.5) is 0 Å². The maximum absolute atomic E-state index is 5.96. The van der Waals surface area contributed by atoms with Crippen molar-refractivity contribution < 1.29 is 4.74 Å². The van der Waals surface area contributed by atoms with Gasteiger partial charge in [0.25, 0.3) is 0 Å². The first-order valence-corrected chi connectivity index (χ1v) is 10.6. The van der Waals surface area contributed by atoms with Gasteiger partial charge in [0.1, 0.15) is 0 Å². The van der Waals surface area contributed by atoms with Gasteiger partial charge in [-0.2, -0.15) is 0 Å². The lowest BCUT2D eigenvalue weighted by molar-refractivity contribution is 0.0177. The van der Waals surface area contributed by atoms with Crippen LogP contribution < -0.4 is 10.6 Å². The van der Waals surface area contributed by atoms with Gasteiger partial charge in [-0.25, -0.2) is 4.99 Å². The van der Waals surface area contributed by atoms with Gasteiger partial charge in [-0.3, -0.25) is 4.90 Å². The van der Waals surface area contributed by atoms with Crippen molar-refractivity contribution in [2.75, 3.05) is 39.4 Å². The average molecular weight is 407 g/mol. The molecule has 146 valence electrons. The lowest BCUT2D eigenvalue weighted by Gasteiger charge is -2.34. The molecular formula is C20H27ClN4OS. The number of hydrogen-bond donors (Lipinski definition) is 2. The van der Waals surface area contributed by atoms with Crippen molar-refractivity contribution in [3.8, 4) is 0 Å². The normalized spacial score (nSPS) is 16.9. The predicted molar refractivity (Wildman–Crippen MR) is 114 cm³/mol. The number of hydrogen-bond acceptors (Lipinski definition) is 4. The molecule has 2 aromatic rings. The summed E-state index contributed by atoms with van der Waals surface area (Å²) in [6.07, 6.45) is 0. The molecule has 0 spiro atoms. The number of rotatable bonds is 7. The van der Waals surface area contributed by atoms with Crippen LogP contribution in [0.3, 0.4) is 0 Å². The van der Waals surface area contributed by atoms with E-state index in [1.807, 2.05) is 24.3 Å². The minimum Gasteiger partial charge on any atom is -0.379 e. The number of thiophene rings is 1. The first-order chi connectivity index (χ1) is 13.3. The summed E-state index contributed by atoms with van der Waals surface area (Å²) in [4.78, 5) is 8.59. The highest BCUT2D eigenvalue weighted by Gasteiger charge is 2.23. The Hall–Kier alpha value is -1.60. The second-order valence-corrected chi connectivity index (χ2v) is 7.80. The quantitative estimate of drug-likeness (QED) is 0.545. The number of morpholine rings is 1.